The molecular formula is C22H31FO3. The van der Waals surface area contributed by atoms with Gasteiger partial charge in [-0.25, -0.2) is 4.39 Å². The Morgan fingerprint density at radius 1 is 1.19 bits per heavy atom. The number of allylic oxidation sites excluding steroid dienone is 1. The van der Waals surface area contributed by atoms with Crippen molar-refractivity contribution in [1.82, 2.24) is 0 Å². The van der Waals surface area contributed by atoms with Gasteiger partial charge < -0.3 is 14.2 Å². The van der Waals surface area contributed by atoms with Crippen molar-refractivity contribution in [3.63, 3.8) is 0 Å². The van der Waals surface area contributed by atoms with E-state index in [1.54, 1.807) is 13.2 Å². The van der Waals surface area contributed by atoms with Gasteiger partial charge in [0, 0.05) is 24.5 Å². The summed E-state index contributed by atoms with van der Waals surface area (Å²) in [4.78, 5) is 0. The molecule has 1 aromatic carbocycles. The molecule has 1 saturated heterocycles. The van der Waals surface area contributed by atoms with Gasteiger partial charge in [0.05, 0.1) is 19.8 Å². The van der Waals surface area contributed by atoms with Crippen LogP contribution in [0.15, 0.2) is 30.9 Å². The molecule has 0 unspecified atom stereocenters. The molecule has 1 heterocycles. The second-order valence-electron chi connectivity index (χ2n) is 7.66. The minimum Gasteiger partial charge on any atom is -0.380 e. The van der Waals surface area contributed by atoms with E-state index in [2.05, 4.69) is 12.6 Å². The normalized spacial score (nSPS) is 29.5. The van der Waals surface area contributed by atoms with Crippen molar-refractivity contribution in [2.45, 2.75) is 57.3 Å². The van der Waals surface area contributed by atoms with Gasteiger partial charge in [-0.2, -0.15) is 0 Å². The summed E-state index contributed by atoms with van der Waals surface area (Å²) in [5.41, 5.74) is 1.73. The quantitative estimate of drug-likeness (QED) is 0.624. The molecule has 0 aromatic heterocycles. The van der Waals surface area contributed by atoms with Crippen molar-refractivity contribution in [3.05, 3.63) is 47.8 Å². The lowest BCUT2D eigenvalue weighted by Gasteiger charge is -2.37. The van der Waals surface area contributed by atoms with E-state index in [4.69, 9.17) is 14.2 Å². The molecule has 1 saturated carbocycles. The fourth-order valence-corrected chi connectivity index (χ4v) is 4.17. The lowest BCUT2D eigenvalue weighted by molar-refractivity contribution is -0.229. The fraction of sp³-hybridized carbons (Fsp3) is 0.636. The van der Waals surface area contributed by atoms with Crippen LogP contribution in [0.5, 0.6) is 0 Å². The van der Waals surface area contributed by atoms with E-state index in [9.17, 15) is 4.39 Å². The van der Waals surface area contributed by atoms with Crippen molar-refractivity contribution >= 4 is 0 Å². The van der Waals surface area contributed by atoms with Gasteiger partial charge in [0.25, 0.3) is 0 Å². The van der Waals surface area contributed by atoms with Crippen molar-refractivity contribution in [2.75, 3.05) is 20.3 Å². The van der Waals surface area contributed by atoms with E-state index < -0.39 is 0 Å². The molecule has 26 heavy (non-hydrogen) atoms. The molecule has 0 amide bonds. The number of ether oxygens (including phenoxy) is 3. The van der Waals surface area contributed by atoms with Crippen LogP contribution in [0.1, 0.15) is 55.6 Å². The summed E-state index contributed by atoms with van der Waals surface area (Å²) in [6.07, 6.45) is 8.30. The predicted molar refractivity (Wildman–Crippen MR) is 100 cm³/mol. The van der Waals surface area contributed by atoms with Crippen LogP contribution in [0.3, 0.4) is 0 Å². The maximum atomic E-state index is 14.2. The number of rotatable bonds is 7. The Morgan fingerprint density at radius 3 is 2.54 bits per heavy atom. The highest BCUT2D eigenvalue weighted by Crippen LogP contribution is 2.39. The summed E-state index contributed by atoms with van der Waals surface area (Å²) < 4.78 is 31.2. The Bertz CT molecular complexity index is 573. The number of benzene rings is 1. The molecule has 1 aliphatic heterocycles. The van der Waals surface area contributed by atoms with Crippen LogP contribution in [0.4, 0.5) is 4.39 Å². The van der Waals surface area contributed by atoms with E-state index >= 15 is 0 Å². The molecule has 0 radical (unpaired) electrons. The van der Waals surface area contributed by atoms with Crippen molar-refractivity contribution < 1.29 is 18.6 Å². The highest BCUT2D eigenvalue weighted by molar-refractivity contribution is 5.27. The molecule has 2 fully saturated rings. The van der Waals surface area contributed by atoms with Gasteiger partial charge in [-0.1, -0.05) is 18.2 Å². The Labute approximate surface area is 156 Å². The summed E-state index contributed by atoms with van der Waals surface area (Å²) in [6.45, 7) is 5.69. The molecule has 0 bridgehead atoms. The molecule has 0 spiro atoms. The van der Waals surface area contributed by atoms with Gasteiger partial charge in [-0.3, -0.25) is 0 Å². The van der Waals surface area contributed by atoms with Gasteiger partial charge in [0.2, 0.25) is 0 Å². The van der Waals surface area contributed by atoms with Crippen LogP contribution in [0, 0.1) is 17.7 Å². The number of hydrogen-bond donors (Lipinski definition) is 0. The second kappa shape index (κ2) is 9.63. The average molecular weight is 362 g/mol. The zero-order chi connectivity index (χ0) is 18.4. The third-order valence-corrected chi connectivity index (χ3v) is 5.78. The Kier molecular flexibility index (Phi) is 7.23. The minimum absolute atomic E-state index is 0.0586. The highest BCUT2D eigenvalue weighted by atomic mass is 19.1. The summed E-state index contributed by atoms with van der Waals surface area (Å²) in [7, 11) is 1.59. The van der Waals surface area contributed by atoms with Gasteiger partial charge in [0.15, 0.2) is 6.29 Å². The maximum absolute atomic E-state index is 14.2. The van der Waals surface area contributed by atoms with Crippen molar-refractivity contribution in [2.24, 2.45) is 11.8 Å². The zero-order valence-corrected chi connectivity index (χ0v) is 15.8. The van der Waals surface area contributed by atoms with Crippen LogP contribution in [-0.4, -0.2) is 26.6 Å². The monoisotopic (exact) mass is 362 g/mol. The fourth-order valence-electron chi connectivity index (χ4n) is 4.17. The van der Waals surface area contributed by atoms with Crippen molar-refractivity contribution in [1.29, 1.82) is 0 Å². The van der Waals surface area contributed by atoms with Crippen LogP contribution < -0.4 is 0 Å². The van der Waals surface area contributed by atoms with Gasteiger partial charge >= 0.3 is 0 Å². The molecular weight excluding hydrogens is 331 g/mol. The van der Waals surface area contributed by atoms with Crippen LogP contribution >= 0.6 is 0 Å². The topological polar surface area (TPSA) is 27.7 Å². The van der Waals surface area contributed by atoms with Crippen LogP contribution in [-0.2, 0) is 20.8 Å². The van der Waals surface area contributed by atoms with E-state index in [1.807, 2.05) is 12.1 Å². The standard InChI is InChI=1S/C22H31FO3/c1-3-4-5-16-13-25-22(26-14-16)18-8-6-17(7-9-18)19-10-11-20(15-24-2)21(23)12-19/h3,10-12,16-18,22H,1,4-9,13-15H2,2H3/t16-,17-,18-,22-. The lowest BCUT2D eigenvalue weighted by Crippen LogP contribution is -2.38. The van der Waals surface area contributed by atoms with Gasteiger partial charge in [-0.15, -0.1) is 6.58 Å². The van der Waals surface area contributed by atoms with Crippen LogP contribution in [0.25, 0.3) is 0 Å². The largest absolute Gasteiger partial charge is 0.380 e. The molecule has 2 aliphatic rings. The summed E-state index contributed by atoms with van der Waals surface area (Å²) >= 11 is 0. The Balaban J connectivity index is 1.47. The maximum Gasteiger partial charge on any atom is 0.160 e. The highest BCUT2D eigenvalue weighted by Gasteiger charge is 2.32. The third kappa shape index (κ3) is 4.93. The predicted octanol–water partition coefficient (Wildman–Crippen LogP) is 5.20. The molecule has 0 N–H and O–H groups in total. The zero-order valence-electron chi connectivity index (χ0n) is 15.8. The summed E-state index contributed by atoms with van der Waals surface area (Å²) in [5, 5.41) is 0. The lowest BCUT2D eigenvalue weighted by atomic mass is 9.78. The molecule has 144 valence electrons. The van der Waals surface area contributed by atoms with E-state index in [0.717, 1.165) is 57.3 Å². The molecule has 1 aromatic rings. The Morgan fingerprint density at radius 2 is 1.92 bits per heavy atom. The summed E-state index contributed by atoms with van der Waals surface area (Å²) in [5.74, 6) is 1.23. The first kappa shape index (κ1) is 19.5. The van der Waals surface area contributed by atoms with Gasteiger partial charge in [-0.05, 0) is 56.1 Å². The smallest absolute Gasteiger partial charge is 0.160 e. The Hall–Kier alpha value is -1.23. The molecule has 3 nitrogen and oxygen atoms in total. The molecule has 1 aliphatic carbocycles. The third-order valence-electron chi connectivity index (χ3n) is 5.78. The first-order valence-electron chi connectivity index (χ1n) is 9.82. The number of hydrogen-bond acceptors (Lipinski definition) is 3. The first-order chi connectivity index (χ1) is 12.7. The van der Waals surface area contributed by atoms with E-state index in [-0.39, 0.29) is 12.1 Å². The average Bonchev–Trinajstić information content (AvgIpc) is 2.69. The molecule has 3 rings (SSSR count). The van der Waals surface area contributed by atoms with Gasteiger partial charge in [0.1, 0.15) is 5.82 Å². The van der Waals surface area contributed by atoms with Crippen LogP contribution in [0.2, 0.25) is 0 Å². The SMILES string of the molecule is C=CCC[C@H]1CO[C@H]([C@H]2CC[C@H](c3ccc(COC)c(F)c3)CC2)OC1. The minimum atomic E-state index is -0.156. The summed E-state index contributed by atoms with van der Waals surface area (Å²) in [6, 6.07) is 5.61. The van der Waals surface area contributed by atoms with E-state index in [1.165, 1.54) is 0 Å². The number of methoxy groups -OCH3 is 1. The molecule has 4 heteroatoms. The molecule has 0 atom stereocenters. The number of halogens is 1. The second-order valence-corrected chi connectivity index (χ2v) is 7.66. The first-order valence-corrected chi connectivity index (χ1v) is 9.82. The van der Waals surface area contributed by atoms with E-state index in [0.29, 0.717) is 29.9 Å². The van der Waals surface area contributed by atoms with Crippen molar-refractivity contribution in [3.8, 4) is 0 Å².